The summed E-state index contributed by atoms with van der Waals surface area (Å²) in [6, 6.07) is 6.47. The number of nitrogens with zero attached hydrogens (tertiary/aromatic N) is 1. The second kappa shape index (κ2) is 4.83. The molecule has 0 N–H and O–H groups in total. The summed E-state index contributed by atoms with van der Waals surface area (Å²) in [4.78, 5) is 24.6. The molecule has 1 aliphatic rings. The Balaban J connectivity index is 2.08. The lowest BCUT2D eigenvalue weighted by Gasteiger charge is -2.12. The van der Waals surface area contributed by atoms with Crippen LogP contribution >= 0.6 is 11.8 Å². The third-order valence-electron chi connectivity index (χ3n) is 2.44. The first-order chi connectivity index (χ1) is 8.11. The lowest BCUT2D eigenvalue weighted by molar-refractivity contribution is 0.0664. The Morgan fingerprint density at radius 3 is 2.12 bits per heavy atom. The van der Waals surface area contributed by atoms with Crippen LogP contribution in [0.4, 0.5) is 8.78 Å². The molecule has 0 saturated carbocycles. The number of thioether (sulfide) groups is 1. The highest BCUT2D eigenvalue weighted by Crippen LogP contribution is 2.23. The number of rotatable bonds is 4. The van der Waals surface area contributed by atoms with Gasteiger partial charge in [0.1, 0.15) is 0 Å². The Kier molecular flexibility index (Phi) is 3.42. The van der Waals surface area contributed by atoms with Crippen LogP contribution in [0.5, 0.6) is 0 Å². The highest BCUT2D eigenvalue weighted by atomic mass is 32.2. The van der Waals surface area contributed by atoms with Crippen LogP contribution in [0.25, 0.3) is 0 Å². The minimum Gasteiger partial charge on any atom is -0.274 e. The molecular weight excluding hydrogens is 248 g/mol. The number of amides is 2. The fourth-order valence-corrected chi connectivity index (χ4v) is 2.14. The first-order valence-corrected chi connectivity index (χ1v) is 6.01. The average molecular weight is 257 g/mol. The molecule has 0 fully saturated rings. The molecule has 90 valence electrons. The van der Waals surface area contributed by atoms with E-state index < -0.39 is 17.6 Å². The van der Waals surface area contributed by atoms with Gasteiger partial charge in [0.15, 0.2) is 0 Å². The fraction of sp³-hybridized carbons (Fsp3) is 0.273. The summed E-state index contributed by atoms with van der Waals surface area (Å²) >= 11 is 0.421. The number of benzene rings is 1. The van der Waals surface area contributed by atoms with Gasteiger partial charge in [0.05, 0.1) is 11.1 Å². The standard InChI is InChI=1S/C11H9F2NO2S/c12-11(13)17-6-5-14-9(15)7-3-1-2-4-8(7)10(14)16/h1-4,11H,5-6H2. The Bertz CT molecular complexity index is 430. The summed E-state index contributed by atoms with van der Waals surface area (Å²) < 4.78 is 23.9. The number of imide groups is 1. The number of halogens is 2. The largest absolute Gasteiger partial charge is 0.284 e. The molecule has 0 aromatic heterocycles. The van der Waals surface area contributed by atoms with Crippen molar-refractivity contribution in [2.75, 3.05) is 12.3 Å². The Hall–Kier alpha value is -1.43. The van der Waals surface area contributed by atoms with Gasteiger partial charge >= 0.3 is 0 Å². The molecule has 1 heterocycles. The van der Waals surface area contributed by atoms with Crippen LogP contribution in [-0.4, -0.2) is 34.8 Å². The highest BCUT2D eigenvalue weighted by molar-refractivity contribution is 7.99. The van der Waals surface area contributed by atoms with Crippen LogP contribution in [0.1, 0.15) is 20.7 Å². The van der Waals surface area contributed by atoms with Gasteiger partial charge in [0.25, 0.3) is 17.6 Å². The van der Waals surface area contributed by atoms with Crippen molar-refractivity contribution < 1.29 is 18.4 Å². The number of alkyl halides is 2. The van der Waals surface area contributed by atoms with Gasteiger partial charge < -0.3 is 0 Å². The van der Waals surface area contributed by atoms with E-state index in [1.165, 1.54) is 0 Å². The molecule has 2 rings (SSSR count). The summed E-state index contributed by atoms with van der Waals surface area (Å²) in [7, 11) is 0. The van der Waals surface area contributed by atoms with Gasteiger partial charge in [-0.05, 0) is 12.1 Å². The maximum absolute atomic E-state index is 11.9. The van der Waals surface area contributed by atoms with Crippen molar-refractivity contribution in [3.8, 4) is 0 Å². The van der Waals surface area contributed by atoms with E-state index in [0.717, 1.165) is 4.90 Å². The Morgan fingerprint density at radius 1 is 1.12 bits per heavy atom. The molecular formula is C11H9F2NO2S. The van der Waals surface area contributed by atoms with Gasteiger partial charge in [-0.3, -0.25) is 14.5 Å². The van der Waals surface area contributed by atoms with Crippen LogP contribution in [0, 0.1) is 0 Å². The maximum Gasteiger partial charge on any atom is 0.284 e. The summed E-state index contributed by atoms with van der Waals surface area (Å²) in [6.07, 6.45) is 0. The fourth-order valence-electron chi connectivity index (χ4n) is 1.68. The van der Waals surface area contributed by atoms with Crippen molar-refractivity contribution in [3.63, 3.8) is 0 Å². The van der Waals surface area contributed by atoms with Gasteiger partial charge in [0, 0.05) is 12.3 Å². The van der Waals surface area contributed by atoms with Gasteiger partial charge in [-0.25, -0.2) is 0 Å². The topological polar surface area (TPSA) is 37.4 Å². The Labute approximate surface area is 101 Å². The lowest BCUT2D eigenvalue weighted by Crippen LogP contribution is -2.32. The molecule has 0 aliphatic carbocycles. The number of hydrogen-bond acceptors (Lipinski definition) is 3. The van der Waals surface area contributed by atoms with E-state index in [4.69, 9.17) is 0 Å². The monoisotopic (exact) mass is 257 g/mol. The van der Waals surface area contributed by atoms with Gasteiger partial charge in [-0.1, -0.05) is 23.9 Å². The number of carbonyl (C=O) groups is 2. The van der Waals surface area contributed by atoms with E-state index in [9.17, 15) is 18.4 Å². The molecule has 1 aromatic carbocycles. The predicted molar refractivity (Wildman–Crippen MR) is 60.3 cm³/mol. The minimum atomic E-state index is -2.48. The van der Waals surface area contributed by atoms with Gasteiger partial charge in [0.2, 0.25) is 0 Å². The van der Waals surface area contributed by atoms with E-state index in [1.54, 1.807) is 24.3 Å². The third kappa shape index (κ3) is 2.31. The molecule has 0 radical (unpaired) electrons. The minimum absolute atomic E-state index is 0.0152. The van der Waals surface area contributed by atoms with Gasteiger partial charge in [-0.15, -0.1) is 0 Å². The molecule has 0 bridgehead atoms. The highest BCUT2D eigenvalue weighted by Gasteiger charge is 2.34. The van der Waals surface area contributed by atoms with Gasteiger partial charge in [-0.2, -0.15) is 8.78 Å². The van der Waals surface area contributed by atoms with Crippen molar-refractivity contribution in [2.24, 2.45) is 0 Å². The molecule has 1 aromatic rings. The summed E-state index contributed by atoms with van der Waals surface area (Å²) in [6.45, 7) is 0.0152. The van der Waals surface area contributed by atoms with Crippen LogP contribution in [0.15, 0.2) is 24.3 Å². The van der Waals surface area contributed by atoms with Crippen molar-refractivity contribution in [1.82, 2.24) is 4.90 Å². The first-order valence-electron chi connectivity index (χ1n) is 4.96. The summed E-state index contributed by atoms with van der Waals surface area (Å²) in [5.74, 6) is -3.24. The van der Waals surface area contributed by atoms with Crippen molar-refractivity contribution in [2.45, 2.75) is 5.76 Å². The molecule has 0 spiro atoms. The zero-order chi connectivity index (χ0) is 12.4. The zero-order valence-corrected chi connectivity index (χ0v) is 9.55. The first kappa shape index (κ1) is 12.0. The number of carbonyl (C=O) groups excluding carboxylic acids is 2. The maximum atomic E-state index is 11.9. The quantitative estimate of drug-likeness (QED) is 0.776. The normalized spacial score (nSPS) is 14.6. The predicted octanol–water partition coefficient (Wildman–Crippen LogP) is 2.24. The molecule has 2 amide bonds. The lowest BCUT2D eigenvalue weighted by atomic mass is 10.1. The van der Waals surface area contributed by atoms with Crippen molar-refractivity contribution >= 4 is 23.6 Å². The number of fused-ring (bicyclic) bond motifs is 1. The van der Waals surface area contributed by atoms with Crippen LogP contribution < -0.4 is 0 Å². The van der Waals surface area contributed by atoms with E-state index in [2.05, 4.69) is 0 Å². The molecule has 17 heavy (non-hydrogen) atoms. The van der Waals surface area contributed by atoms with E-state index in [-0.39, 0.29) is 12.3 Å². The molecule has 6 heteroatoms. The summed E-state index contributed by atoms with van der Waals surface area (Å²) in [5.41, 5.74) is 0.694. The third-order valence-corrected chi connectivity index (χ3v) is 3.11. The Morgan fingerprint density at radius 2 is 1.65 bits per heavy atom. The van der Waals surface area contributed by atoms with E-state index in [0.29, 0.717) is 22.9 Å². The second-order valence-corrected chi connectivity index (χ2v) is 4.54. The SMILES string of the molecule is O=C1c2ccccc2C(=O)N1CCSC(F)F. The smallest absolute Gasteiger partial charge is 0.274 e. The number of hydrogen-bond donors (Lipinski definition) is 0. The molecule has 1 aliphatic heterocycles. The average Bonchev–Trinajstić information content (AvgIpc) is 2.54. The molecule has 0 saturated heterocycles. The summed E-state index contributed by atoms with van der Waals surface area (Å²) in [5, 5.41) is 0. The van der Waals surface area contributed by atoms with Crippen LogP contribution in [0.2, 0.25) is 0 Å². The molecule has 0 atom stereocenters. The zero-order valence-electron chi connectivity index (χ0n) is 8.73. The molecule has 0 unspecified atom stereocenters. The van der Waals surface area contributed by atoms with E-state index >= 15 is 0 Å². The van der Waals surface area contributed by atoms with Crippen molar-refractivity contribution in [1.29, 1.82) is 0 Å². The van der Waals surface area contributed by atoms with Crippen molar-refractivity contribution in [3.05, 3.63) is 35.4 Å². The molecule has 3 nitrogen and oxygen atoms in total. The van der Waals surface area contributed by atoms with Crippen LogP contribution in [0.3, 0.4) is 0 Å². The van der Waals surface area contributed by atoms with Crippen LogP contribution in [-0.2, 0) is 0 Å². The van der Waals surface area contributed by atoms with E-state index in [1.807, 2.05) is 0 Å². The second-order valence-electron chi connectivity index (χ2n) is 3.44.